The fourth-order valence-electron chi connectivity index (χ4n) is 4.06. The number of hydrogen-bond donors (Lipinski definition) is 1. The first kappa shape index (κ1) is 22.6. The Morgan fingerprint density at radius 1 is 1.37 bits per heavy atom. The first-order chi connectivity index (χ1) is 14.4. The lowest BCUT2D eigenvalue weighted by Gasteiger charge is -2.23. The molecule has 0 amide bonds. The number of aliphatic hydroxyl groups excluding tert-OH is 1. The molecule has 30 heavy (non-hydrogen) atoms. The Labute approximate surface area is 186 Å². The van der Waals surface area contributed by atoms with Crippen LogP contribution in [0.25, 0.3) is 0 Å². The smallest absolute Gasteiger partial charge is 0.338 e. The Balaban J connectivity index is 1.76. The van der Waals surface area contributed by atoms with Crippen molar-refractivity contribution in [1.82, 2.24) is 0 Å². The molecule has 1 saturated heterocycles. The molecule has 1 unspecified atom stereocenters. The molecule has 0 radical (unpaired) electrons. The van der Waals surface area contributed by atoms with Crippen LogP contribution in [-0.4, -0.2) is 35.4 Å². The highest BCUT2D eigenvalue weighted by Crippen LogP contribution is 2.44. The molecule has 0 bridgehead atoms. The maximum Gasteiger partial charge on any atom is 0.338 e. The van der Waals surface area contributed by atoms with Crippen molar-refractivity contribution >= 4 is 27.9 Å². The van der Waals surface area contributed by atoms with E-state index in [0.717, 1.165) is 6.42 Å². The van der Waals surface area contributed by atoms with Crippen molar-refractivity contribution < 1.29 is 24.2 Å². The van der Waals surface area contributed by atoms with Crippen molar-refractivity contribution in [2.24, 2.45) is 17.8 Å². The summed E-state index contributed by atoms with van der Waals surface area (Å²) in [4.78, 5) is 24.4. The third kappa shape index (κ3) is 5.33. The number of hydrogen-bond acceptors (Lipinski definition) is 5. The molecule has 0 spiro atoms. The summed E-state index contributed by atoms with van der Waals surface area (Å²) in [5, 5.41) is 10.7. The van der Waals surface area contributed by atoms with Crippen LogP contribution < -0.4 is 0 Å². The molecular formula is C24H27BrO5. The van der Waals surface area contributed by atoms with Gasteiger partial charge < -0.3 is 14.6 Å². The standard InChI is InChI=1S/C24H27BrO5/c1-3-4-6-9-15(2)23(27)19(25)12-17-18-13-22(26)29-20(18)14-21(17)30-24(28)16-10-7-5-8-11-16/h5,7-8,10-12,15,17-18,20-21,23,27H,3,9,13-14H2,1-2H3/b19-12+/t15-,17-,18-,20-,21+,23?/m0/s1. The molecule has 6 atom stereocenters. The largest absolute Gasteiger partial charge is 0.462 e. The molecule has 2 fully saturated rings. The molecular weight excluding hydrogens is 448 g/mol. The minimum absolute atomic E-state index is 0.0568. The summed E-state index contributed by atoms with van der Waals surface area (Å²) in [6.07, 6.45) is 2.61. The van der Waals surface area contributed by atoms with Crippen LogP contribution in [0.5, 0.6) is 0 Å². The van der Waals surface area contributed by atoms with Crippen LogP contribution in [0, 0.1) is 29.6 Å². The average molecular weight is 475 g/mol. The number of esters is 2. The summed E-state index contributed by atoms with van der Waals surface area (Å²) in [5.74, 6) is 5.12. The lowest BCUT2D eigenvalue weighted by molar-refractivity contribution is -0.141. The molecule has 1 aliphatic carbocycles. The van der Waals surface area contributed by atoms with Crippen molar-refractivity contribution in [2.75, 3.05) is 0 Å². The van der Waals surface area contributed by atoms with E-state index in [1.165, 1.54) is 0 Å². The van der Waals surface area contributed by atoms with Crippen molar-refractivity contribution in [2.45, 2.75) is 57.8 Å². The fraction of sp³-hybridized carbons (Fsp3) is 0.500. The van der Waals surface area contributed by atoms with Gasteiger partial charge in [0.25, 0.3) is 0 Å². The van der Waals surface area contributed by atoms with Gasteiger partial charge in [0.05, 0.1) is 18.1 Å². The summed E-state index contributed by atoms with van der Waals surface area (Å²) in [6.45, 7) is 3.93. The molecule has 1 heterocycles. The van der Waals surface area contributed by atoms with Gasteiger partial charge in [-0.3, -0.25) is 4.79 Å². The Hall–Kier alpha value is -2.10. The van der Waals surface area contributed by atoms with Crippen LogP contribution in [0.2, 0.25) is 0 Å². The quantitative estimate of drug-likeness (QED) is 0.492. The second-order valence-electron chi connectivity index (χ2n) is 7.90. The summed E-state index contributed by atoms with van der Waals surface area (Å²) in [6, 6.07) is 8.83. The van der Waals surface area contributed by atoms with Gasteiger partial charge in [-0.05, 0) is 18.1 Å². The lowest BCUT2D eigenvalue weighted by Crippen LogP contribution is -2.26. The number of ether oxygens (including phenoxy) is 2. The summed E-state index contributed by atoms with van der Waals surface area (Å²) in [7, 11) is 0. The van der Waals surface area contributed by atoms with E-state index in [-0.39, 0.29) is 29.8 Å². The summed E-state index contributed by atoms with van der Waals surface area (Å²) in [5.41, 5.74) is 0.483. The van der Waals surface area contributed by atoms with E-state index in [1.807, 2.05) is 26.0 Å². The third-order valence-corrected chi connectivity index (χ3v) is 6.45. The van der Waals surface area contributed by atoms with E-state index < -0.39 is 18.2 Å². The second-order valence-corrected chi connectivity index (χ2v) is 8.82. The van der Waals surface area contributed by atoms with Crippen LogP contribution in [0.4, 0.5) is 0 Å². The fourth-order valence-corrected chi connectivity index (χ4v) is 4.81. The number of fused-ring (bicyclic) bond motifs is 1. The Morgan fingerprint density at radius 2 is 2.10 bits per heavy atom. The molecule has 0 aromatic heterocycles. The minimum Gasteiger partial charge on any atom is -0.462 e. The van der Waals surface area contributed by atoms with Gasteiger partial charge in [-0.1, -0.05) is 54.1 Å². The maximum atomic E-state index is 12.6. The second kappa shape index (κ2) is 10.3. The van der Waals surface area contributed by atoms with Gasteiger partial charge >= 0.3 is 11.9 Å². The van der Waals surface area contributed by atoms with Gasteiger partial charge in [-0.25, -0.2) is 4.79 Å². The van der Waals surface area contributed by atoms with Gasteiger partial charge in [0.1, 0.15) is 12.2 Å². The number of carbonyl (C=O) groups is 2. The maximum absolute atomic E-state index is 12.6. The zero-order valence-corrected chi connectivity index (χ0v) is 18.8. The predicted octanol–water partition coefficient (Wildman–Crippen LogP) is 4.24. The summed E-state index contributed by atoms with van der Waals surface area (Å²) >= 11 is 3.51. The van der Waals surface area contributed by atoms with Gasteiger partial charge in [-0.2, -0.15) is 0 Å². The molecule has 160 valence electrons. The normalized spacial score (nSPS) is 27.5. The molecule has 6 heteroatoms. The first-order valence-electron chi connectivity index (χ1n) is 10.4. The highest BCUT2D eigenvalue weighted by atomic mass is 79.9. The highest BCUT2D eigenvalue weighted by Gasteiger charge is 2.51. The van der Waals surface area contributed by atoms with Crippen LogP contribution in [0.3, 0.4) is 0 Å². The number of carbonyl (C=O) groups excluding carboxylic acids is 2. The Bertz CT molecular complexity index is 853. The van der Waals surface area contributed by atoms with Crippen molar-refractivity contribution in [3.63, 3.8) is 0 Å². The van der Waals surface area contributed by atoms with E-state index in [2.05, 4.69) is 27.8 Å². The zero-order chi connectivity index (χ0) is 21.7. The first-order valence-corrected chi connectivity index (χ1v) is 11.2. The van der Waals surface area contributed by atoms with E-state index in [0.29, 0.717) is 29.3 Å². The van der Waals surface area contributed by atoms with Crippen LogP contribution in [0.1, 0.15) is 49.9 Å². The topological polar surface area (TPSA) is 72.8 Å². The van der Waals surface area contributed by atoms with Gasteiger partial charge in [0.15, 0.2) is 0 Å². The average Bonchev–Trinajstić information content (AvgIpc) is 3.24. The van der Waals surface area contributed by atoms with Gasteiger partial charge in [0, 0.05) is 35.6 Å². The van der Waals surface area contributed by atoms with E-state index in [1.54, 1.807) is 24.3 Å². The van der Waals surface area contributed by atoms with Crippen LogP contribution in [-0.2, 0) is 14.3 Å². The van der Waals surface area contributed by atoms with E-state index in [4.69, 9.17) is 9.47 Å². The molecule has 1 aromatic carbocycles. The van der Waals surface area contributed by atoms with Gasteiger partial charge in [0.2, 0.25) is 0 Å². The SMILES string of the molecule is CCC#CC[C@H](C)C(O)/C(Br)=C\[C@H]1[C@@H]2CC(=O)O[C@H]2C[C@H]1OC(=O)c1ccccc1. The third-order valence-electron chi connectivity index (χ3n) is 5.72. The van der Waals surface area contributed by atoms with Gasteiger partial charge in [-0.15, -0.1) is 11.8 Å². The number of aliphatic hydroxyl groups is 1. The Kier molecular flexibility index (Phi) is 7.74. The molecule has 5 nitrogen and oxygen atoms in total. The molecule has 1 aromatic rings. The Morgan fingerprint density at radius 3 is 2.80 bits per heavy atom. The number of halogens is 1. The molecule has 3 rings (SSSR count). The molecule has 1 N–H and O–H groups in total. The van der Waals surface area contributed by atoms with E-state index in [9.17, 15) is 14.7 Å². The minimum atomic E-state index is -0.723. The zero-order valence-electron chi connectivity index (χ0n) is 17.2. The van der Waals surface area contributed by atoms with Crippen molar-refractivity contribution in [3.8, 4) is 11.8 Å². The van der Waals surface area contributed by atoms with Crippen molar-refractivity contribution in [3.05, 3.63) is 46.5 Å². The number of benzene rings is 1. The lowest BCUT2D eigenvalue weighted by atomic mass is 9.90. The van der Waals surface area contributed by atoms with Crippen molar-refractivity contribution in [1.29, 1.82) is 0 Å². The monoisotopic (exact) mass is 474 g/mol. The van der Waals surface area contributed by atoms with E-state index >= 15 is 0 Å². The highest BCUT2D eigenvalue weighted by molar-refractivity contribution is 9.11. The summed E-state index contributed by atoms with van der Waals surface area (Å²) < 4.78 is 11.9. The van der Waals surface area contributed by atoms with Crippen LogP contribution in [0.15, 0.2) is 40.9 Å². The molecule has 2 aliphatic rings. The molecule has 1 saturated carbocycles. The predicted molar refractivity (Wildman–Crippen MR) is 117 cm³/mol. The molecule has 1 aliphatic heterocycles. The van der Waals surface area contributed by atoms with Crippen LogP contribution >= 0.6 is 15.9 Å². The number of rotatable bonds is 6.